The van der Waals surface area contributed by atoms with Crippen LogP contribution in [0, 0.1) is 11.6 Å². The zero-order valence-electron chi connectivity index (χ0n) is 9.59. The standard InChI is InChI=1S/C13H9BrClF2NO/c14-8-4-9(15)10(16)5-13(8)19-6-7-1-2-12(18)11(17)3-7/h1-5H,6,18H2. The molecule has 0 spiro atoms. The zero-order valence-corrected chi connectivity index (χ0v) is 11.9. The van der Waals surface area contributed by atoms with Crippen molar-refractivity contribution in [2.75, 3.05) is 5.73 Å². The minimum absolute atomic E-state index is 0.00208. The van der Waals surface area contributed by atoms with Gasteiger partial charge in [0.2, 0.25) is 0 Å². The van der Waals surface area contributed by atoms with Crippen LogP contribution in [0.2, 0.25) is 5.02 Å². The minimum atomic E-state index is -0.580. The van der Waals surface area contributed by atoms with Crippen LogP contribution in [-0.4, -0.2) is 0 Å². The zero-order chi connectivity index (χ0) is 14.0. The van der Waals surface area contributed by atoms with Gasteiger partial charge in [0.15, 0.2) is 0 Å². The molecule has 100 valence electrons. The van der Waals surface area contributed by atoms with Gasteiger partial charge in [-0.2, -0.15) is 0 Å². The lowest BCUT2D eigenvalue weighted by Gasteiger charge is -2.09. The number of anilines is 1. The summed E-state index contributed by atoms with van der Waals surface area (Å²) in [5, 5.41) is -0.00208. The van der Waals surface area contributed by atoms with E-state index in [2.05, 4.69) is 15.9 Å². The van der Waals surface area contributed by atoms with Crippen molar-refractivity contribution >= 4 is 33.2 Å². The molecule has 0 saturated heterocycles. The van der Waals surface area contributed by atoms with Crippen LogP contribution in [0.1, 0.15) is 5.56 Å². The summed E-state index contributed by atoms with van der Waals surface area (Å²) in [7, 11) is 0. The predicted molar refractivity (Wildman–Crippen MR) is 74.3 cm³/mol. The average molecular weight is 349 g/mol. The Labute approximate surface area is 122 Å². The highest BCUT2D eigenvalue weighted by Gasteiger charge is 2.08. The molecule has 2 rings (SSSR count). The van der Waals surface area contributed by atoms with Crippen LogP contribution in [0.25, 0.3) is 0 Å². The maximum absolute atomic E-state index is 13.3. The molecule has 0 aliphatic carbocycles. The number of benzene rings is 2. The highest BCUT2D eigenvalue weighted by Crippen LogP contribution is 2.31. The first kappa shape index (κ1) is 14.1. The molecule has 19 heavy (non-hydrogen) atoms. The summed E-state index contributed by atoms with van der Waals surface area (Å²) in [6, 6.07) is 6.93. The molecule has 2 aromatic rings. The Kier molecular flexibility index (Phi) is 4.27. The molecule has 0 aromatic heterocycles. The maximum Gasteiger partial charge on any atom is 0.146 e. The van der Waals surface area contributed by atoms with Crippen LogP contribution in [0.4, 0.5) is 14.5 Å². The first-order chi connectivity index (χ1) is 8.97. The number of nitrogen functional groups attached to an aromatic ring is 1. The van der Waals surface area contributed by atoms with E-state index >= 15 is 0 Å². The summed E-state index contributed by atoms with van der Waals surface area (Å²) in [6.45, 7) is 0.0941. The SMILES string of the molecule is Nc1ccc(COc2cc(F)c(Cl)cc2Br)cc1F. The topological polar surface area (TPSA) is 35.2 Å². The Bertz CT molecular complexity index is 622. The van der Waals surface area contributed by atoms with Crippen molar-refractivity contribution in [3.05, 3.63) is 57.0 Å². The summed E-state index contributed by atoms with van der Waals surface area (Å²) >= 11 is 8.83. The summed E-state index contributed by atoms with van der Waals surface area (Å²) in [5.74, 6) is -0.801. The molecule has 0 fully saturated rings. The maximum atomic E-state index is 13.3. The van der Waals surface area contributed by atoms with E-state index in [1.54, 1.807) is 6.07 Å². The van der Waals surface area contributed by atoms with Gasteiger partial charge < -0.3 is 10.5 Å². The van der Waals surface area contributed by atoms with Gasteiger partial charge in [0, 0.05) is 6.07 Å². The molecule has 0 aliphatic rings. The van der Waals surface area contributed by atoms with E-state index in [0.717, 1.165) is 0 Å². The van der Waals surface area contributed by atoms with E-state index < -0.39 is 11.6 Å². The van der Waals surface area contributed by atoms with Crippen molar-refractivity contribution in [1.29, 1.82) is 0 Å². The van der Waals surface area contributed by atoms with Crippen LogP contribution in [0.3, 0.4) is 0 Å². The highest BCUT2D eigenvalue weighted by molar-refractivity contribution is 9.10. The molecule has 0 heterocycles. The van der Waals surface area contributed by atoms with Gasteiger partial charge in [-0.05, 0) is 39.7 Å². The Hall–Kier alpha value is -1.33. The van der Waals surface area contributed by atoms with Crippen molar-refractivity contribution in [2.45, 2.75) is 6.61 Å². The number of hydrogen-bond acceptors (Lipinski definition) is 2. The third kappa shape index (κ3) is 3.36. The molecule has 0 aliphatic heterocycles. The lowest BCUT2D eigenvalue weighted by molar-refractivity contribution is 0.302. The number of nitrogens with two attached hydrogens (primary N) is 1. The third-order valence-corrected chi connectivity index (χ3v) is 3.34. The molecule has 6 heteroatoms. The first-order valence-electron chi connectivity index (χ1n) is 5.28. The van der Waals surface area contributed by atoms with E-state index in [-0.39, 0.29) is 17.3 Å². The monoisotopic (exact) mass is 347 g/mol. The smallest absolute Gasteiger partial charge is 0.146 e. The quantitative estimate of drug-likeness (QED) is 0.653. The summed E-state index contributed by atoms with van der Waals surface area (Å²) < 4.78 is 32.5. The lowest BCUT2D eigenvalue weighted by Crippen LogP contribution is -1.99. The molecule has 2 nitrogen and oxygen atoms in total. The fraction of sp³-hybridized carbons (Fsp3) is 0.0769. The lowest BCUT2D eigenvalue weighted by atomic mass is 10.2. The van der Waals surface area contributed by atoms with Gasteiger partial charge in [-0.25, -0.2) is 8.78 Å². The fourth-order valence-electron chi connectivity index (χ4n) is 1.44. The molecule has 2 N–H and O–H groups in total. The number of rotatable bonds is 3. The van der Waals surface area contributed by atoms with E-state index in [1.165, 1.54) is 24.3 Å². The van der Waals surface area contributed by atoms with Gasteiger partial charge in [0.25, 0.3) is 0 Å². The average Bonchev–Trinajstić information content (AvgIpc) is 2.36. The van der Waals surface area contributed by atoms with Crippen molar-refractivity contribution < 1.29 is 13.5 Å². The largest absolute Gasteiger partial charge is 0.488 e. The van der Waals surface area contributed by atoms with Gasteiger partial charge in [-0.3, -0.25) is 0 Å². The van der Waals surface area contributed by atoms with E-state index in [1.807, 2.05) is 0 Å². The second kappa shape index (κ2) is 5.75. The number of hydrogen-bond donors (Lipinski definition) is 1. The fourth-order valence-corrected chi connectivity index (χ4v) is 2.19. The molecular formula is C13H9BrClF2NO. The molecule has 0 unspecified atom stereocenters. The predicted octanol–water partition coefficient (Wildman–Crippen LogP) is 4.54. The Balaban J connectivity index is 2.14. The van der Waals surface area contributed by atoms with Crippen LogP contribution in [0.15, 0.2) is 34.8 Å². The van der Waals surface area contributed by atoms with Gasteiger partial charge in [0.1, 0.15) is 24.0 Å². The normalized spacial score (nSPS) is 10.5. The third-order valence-electron chi connectivity index (χ3n) is 2.43. The Morgan fingerprint density at radius 1 is 1.16 bits per heavy atom. The summed E-state index contributed by atoms with van der Waals surface area (Å²) in [4.78, 5) is 0. The Morgan fingerprint density at radius 3 is 2.58 bits per heavy atom. The molecule has 0 radical (unpaired) electrons. The van der Waals surface area contributed by atoms with Crippen molar-refractivity contribution in [2.24, 2.45) is 0 Å². The van der Waals surface area contributed by atoms with Crippen LogP contribution in [0.5, 0.6) is 5.75 Å². The molecule has 0 bridgehead atoms. The molecule has 0 saturated carbocycles. The second-order valence-corrected chi connectivity index (χ2v) is 5.10. The van der Waals surface area contributed by atoms with Crippen molar-refractivity contribution in [1.82, 2.24) is 0 Å². The van der Waals surface area contributed by atoms with Crippen LogP contribution < -0.4 is 10.5 Å². The van der Waals surface area contributed by atoms with Gasteiger partial charge >= 0.3 is 0 Å². The Morgan fingerprint density at radius 2 is 1.89 bits per heavy atom. The van der Waals surface area contributed by atoms with Crippen LogP contribution >= 0.6 is 27.5 Å². The highest BCUT2D eigenvalue weighted by atomic mass is 79.9. The van der Waals surface area contributed by atoms with Gasteiger partial charge in [-0.15, -0.1) is 0 Å². The molecule has 0 atom stereocenters. The molecular weight excluding hydrogens is 340 g/mol. The van der Waals surface area contributed by atoms with E-state index in [4.69, 9.17) is 22.1 Å². The number of halogens is 4. The van der Waals surface area contributed by atoms with E-state index in [9.17, 15) is 8.78 Å². The van der Waals surface area contributed by atoms with Crippen molar-refractivity contribution in [3.8, 4) is 5.75 Å². The molecule has 0 amide bonds. The first-order valence-corrected chi connectivity index (χ1v) is 6.45. The van der Waals surface area contributed by atoms with Gasteiger partial charge in [0.05, 0.1) is 15.2 Å². The second-order valence-electron chi connectivity index (χ2n) is 3.84. The minimum Gasteiger partial charge on any atom is -0.488 e. The van der Waals surface area contributed by atoms with E-state index in [0.29, 0.717) is 15.8 Å². The van der Waals surface area contributed by atoms with Gasteiger partial charge in [-0.1, -0.05) is 17.7 Å². The summed E-state index contributed by atoms with van der Waals surface area (Å²) in [6.07, 6.45) is 0. The molecule has 2 aromatic carbocycles. The summed E-state index contributed by atoms with van der Waals surface area (Å²) in [5.41, 5.74) is 6.03. The number of ether oxygens (including phenoxy) is 1. The van der Waals surface area contributed by atoms with Crippen LogP contribution in [-0.2, 0) is 6.61 Å². The van der Waals surface area contributed by atoms with Crippen molar-refractivity contribution in [3.63, 3.8) is 0 Å².